The second-order valence-electron chi connectivity index (χ2n) is 8.19. The smallest absolute Gasteiger partial charge is 0.296 e. The standard InChI is InChI=1S/C25H23N5O6S2/c1-3-37(32,33)19-11-9-18(10-12-19)28-30-24-21(38(34,35)36)14-16-6-13-20(25(31)22(16)23(24)26)29-27-17-7-4-15(2)5-8-17/h3-14,27,29,31H,1,26H2,2H3,(H,34,35,36). The number of azo groups is 1. The van der Waals surface area contributed by atoms with Crippen molar-refractivity contribution in [3.63, 3.8) is 0 Å². The van der Waals surface area contributed by atoms with Crippen LogP contribution in [0.15, 0.2) is 98.7 Å². The van der Waals surface area contributed by atoms with Crippen LogP contribution < -0.4 is 16.6 Å². The van der Waals surface area contributed by atoms with Crippen molar-refractivity contribution in [3.05, 3.63) is 84.3 Å². The normalized spacial score (nSPS) is 12.1. The third-order valence-corrected chi connectivity index (χ3v) is 7.81. The van der Waals surface area contributed by atoms with Crippen LogP contribution in [0.25, 0.3) is 10.8 Å². The average Bonchev–Trinajstić information content (AvgIpc) is 2.88. The van der Waals surface area contributed by atoms with Crippen LogP contribution in [0.2, 0.25) is 0 Å². The third-order valence-electron chi connectivity index (χ3n) is 5.58. The number of phenols is 1. The molecule has 4 aromatic rings. The highest BCUT2D eigenvalue weighted by atomic mass is 32.2. The minimum atomic E-state index is -4.79. The number of hydrazine groups is 1. The van der Waals surface area contributed by atoms with E-state index in [0.29, 0.717) is 0 Å². The van der Waals surface area contributed by atoms with Gasteiger partial charge < -0.3 is 16.3 Å². The zero-order valence-corrected chi connectivity index (χ0v) is 21.6. The van der Waals surface area contributed by atoms with Crippen LogP contribution in [0, 0.1) is 6.92 Å². The first kappa shape index (κ1) is 26.6. The molecule has 0 unspecified atom stereocenters. The van der Waals surface area contributed by atoms with E-state index in [2.05, 4.69) is 27.7 Å². The molecule has 11 nitrogen and oxygen atoms in total. The molecule has 0 heterocycles. The molecule has 0 saturated heterocycles. The molecule has 0 bridgehead atoms. The highest BCUT2D eigenvalue weighted by Gasteiger charge is 2.23. The lowest BCUT2D eigenvalue weighted by Crippen LogP contribution is -2.09. The van der Waals surface area contributed by atoms with Crippen molar-refractivity contribution in [1.29, 1.82) is 0 Å². The van der Waals surface area contributed by atoms with E-state index in [4.69, 9.17) is 5.73 Å². The zero-order valence-electron chi connectivity index (χ0n) is 20.0. The molecule has 0 amide bonds. The van der Waals surface area contributed by atoms with E-state index < -0.39 is 30.5 Å². The molecule has 0 aliphatic rings. The Morgan fingerprint density at radius 2 is 1.58 bits per heavy atom. The number of phenolic OH excluding ortho intramolecular Hbond substituents is 1. The number of hydrogen-bond donors (Lipinski definition) is 5. The second-order valence-corrected chi connectivity index (χ2v) is 11.5. The van der Waals surface area contributed by atoms with Crippen molar-refractivity contribution >= 4 is 59.2 Å². The summed E-state index contributed by atoms with van der Waals surface area (Å²) in [4.78, 5) is -0.630. The summed E-state index contributed by atoms with van der Waals surface area (Å²) in [6, 6.07) is 16.9. The second kappa shape index (κ2) is 10.1. The molecular weight excluding hydrogens is 530 g/mol. The first-order valence-electron chi connectivity index (χ1n) is 10.9. The maximum absolute atomic E-state index is 12.1. The molecule has 0 saturated carbocycles. The molecule has 38 heavy (non-hydrogen) atoms. The predicted octanol–water partition coefficient (Wildman–Crippen LogP) is 5.45. The molecule has 13 heteroatoms. The van der Waals surface area contributed by atoms with Gasteiger partial charge in [0.1, 0.15) is 16.3 Å². The van der Waals surface area contributed by atoms with E-state index in [1.165, 1.54) is 36.4 Å². The minimum absolute atomic E-state index is 0.0144. The van der Waals surface area contributed by atoms with Gasteiger partial charge in [-0.25, -0.2) is 8.42 Å². The maximum Gasteiger partial charge on any atom is 0.296 e. The fourth-order valence-electron chi connectivity index (χ4n) is 3.55. The first-order valence-corrected chi connectivity index (χ1v) is 13.9. The Morgan fingerprint density at radius 1 is 0.921 bits per heavy atom. The summed E-state index contributed by atoms with van der Waals surface area (Å²) in [6.45, 7) is 5.22. The van der Waals surface area contributed by atoms with Gasteiger partial charge >= 0.3 is 0 Å². The topological polar surface area (TPSA) is 184 Å². The van der Waals surface area contributed by atoms with Gasteiger partial charge in [0, 0.05) is 5.41 Å². The molecule has 4 aromatic carbocycles. The Hall–Kier alpha value is -4.46. The number of hydrogen-bond acceptors (Lipinski definition) is 10. The summed E-state index contributed by atoms with van der Waals surface area (Å²) in [7, 11) is -8.44. The van der Waals surface area contributed by atoms with E-state index in [-0.39, 0.29) is 38.5 Å². The van der Waals surface area contributed by atoms with Crippen molar-refractivity contribution in [2.24, 2.45) is 10.2 Å². The number of benzene rings is 4. The molecular formula is C25H23N5O6S2. The van der Waals surface area contributed by atoms with Gasteiger partial charge in [0.15, 0.2) is 9.84 Å². The first-order chi connectivity index (χ1) is 17.9. The van der Waals surface area contributed by atoms with Crippen molar-refractivity contribution in [3.8, 4) is 5.75 Å². The van der Waals surface area contributed by atoms with Gasteiger partial charge in [0.05, 0.1) is 33.0 Å². The number of nitrogen functional groups attached to an aromatic ring is 1. The Labute approximate surface area is 219 Å². The molecule has 0 aromatic heterocycles. The van der Waals surface area contributed by atoms with Gasteiger partial charge in [-0.3, -0.25) is 9.98 Å². The summed E-state index contributed by atoms with van der Waals surface area (Å²) in [6.07, 6.45) is 0. The van der Waals surface area contributed by atoms with E-state index >= 15 is 0 Å². The van der Waals surface area contributed by atoms with Crippen molar-refractivity contribution in [2.75, 3.05) is 16.6 Å². The van der Waals surface area contributed by atoms with Crippen LogP contribution in [0.1, 0.15) is 5.56 Å². The number of fused-ring (bicyclic) bond motifs is 1. The van der Waals surface area contributed by atoms with E-state index in [0.717, 1.165) is 22.7 Å². The summed E-state index contributed by atoms with van der Waals surface area (Å²) in [5.41, 5.74) is 13.6. The number of nitrogens with zero attached hydrogens (tertiary/aromatic N) is 2. The number of anilines is 3. The summed E-state index contributed by atoms with van der Waals surface area (Å²) in [5.74, 6) is -0.295. The molecule has 0 aliphatic heterocycles. The Morgan fingerprint density at radius 3 is 2.18 bits per heavy atom. The van der Waals surface area contributed by atoms with Crippen molar-refractivity contribution in [2.45, 2.75) is 16.7 Å². The van der Waals surface area contributed by atoms with Crippen LogP contribution in [-0.2, 0) is 20.0 Å². The van der Waals surface area contributed by atoms with Gasteiger partial charge in [0.2, 0.25) is 0 Å². The van der Waals surface area contributed by atoms with Gasteiger partial charge in [-0.05, 0) is 60.8 Å². The van der Waals surface area contributed by atoms with Crippen molar-refractivity contribution in [1.82, 2.24) is 0 Å². The number of sulfone groups is 1. The summed E-state index contributed by atoms with van der Waals surface area (Å²) >= 11 is 0. The lowest BCUT2D eigenvalue weighted by Gasteiger charge is -2.15. The number of rotatable bonds is 8. The number of aromatic hydroxyl groups is 1. The number of aryl methyl sites for hydroxylation is 1. The molecule has 0 radical (unpaired) electrons. The Kier molecular flexibility index (Phi) is 7.09. The highest BCUT2D eigenvalue weighted by molar-refractivity contribution is 7.94. The molecule has 196 valence electrons. The lowest BCUT2D eigenvalue weighted by atomic mass is 10.1. The molecule has 0 aliphatic carbocycles. The molecule has 0 fully saturated rings. The number of nitrogens with two attached hydrogens (primary N) is 1. The summed E-state index contributed by atoms with van der Waals surface area (Å²) in [5, 5.41) is 19.9. The quantitative estimate of drug-likeness (QED) is 0.0622. The van der Waals surface area contributed by atoms with E-state index in [1.54, 1.807) is 0 Å². The van der Waals surface area contributed by atoms with Gasteiger partial charge in [-0.1, -0.05) is 30.3 Å². The number of nitrogens with one attached hydrogen (secondary N) is 2. The van der Waals surface area contributed by atoms with Gasteiger partial charge in [-0.2, -0.15) is 13.5 Å². The monoisotopic (exact) mass is 553 g/mol. The Bertz CT molecular complexity index is 1790. The highest BCUT2D eigenvalue weighted by Crippen LogP contribution is 2.44. The fraction of sp³-hybridized carbons (Fsp3) is 0.0400. The molecule has 4 rings (SSSR count). The van der Waals surface area contributed by atoms with Crippen LogP contribution in [-0.4, -0.2) is 26.5 Å². The summed E-state index contributed by atoms with van der Waals surface area (Å²) < 4.78 is 57.9. The van der Waals surface area contributed by atoms with Gasteiger partial charge in [0.25, 0.3) is 10.1 Å². The molecule has 0 spiro atoms. The van der Waals surface area contributed by atoms with E-state index in [1.807, 2.05) is 31.2 Å². The fourth-order valence-corrected chi connectivity index (χ4v) is 4.93. The third kappa shape index (κ3) is 5.44. The van der Waals surface area contributed by atoms with Gasteiger partial charge in [-0.15, -0.1) is 5.11 Å². The van der Waals surface area contributed by atoms with E-state index in [9.17, 15) is 26.5 Å². The van der Waals surface area contributed by atoms with Crippen molar-refractivity contribution < 1.29 is 26.5 Å². The van der Waals surface area contributed by atoms with Crippen LogP contribution in [0.3, 0.4) is 0 Å². The van der Waals surface area contributed by atoms with Crippen LogP contribution in [0.5, 0.6) is 5.75 Å². The zero-order chi connectivity index (χ0) is 27.7. The average molecular weight is 554 g/mol. The largest absolute Gasteiger partial charge is 0.505 e. The van der Waals surface area contributed by atoms with Crippen LogP contribution >= 0.6 is 0 Å². The van der Waals surface area contributed by atoms with Crippen LogP contribution in [0.4, 0.5) is 28.4 Å². The molecule has 0 atom stereocenters. The lowest BCUT2D eigenvalue weighted by molar-refractivity contribution is 0.481. The Balaban J connectivity index is 1.76. The maximum atomic E-state index is 12.1. The molecule has 6 N–H and O–H groups in total. The predicted molar refractivity (Wildman–Crippen MR) is 146 cm³/mol. The minimum Gasteiger partial charge on any atom is -0.505 e. The SMILES string of the molecule is C=CS(=O)(=O)c1ccc(N=Nc2c(S(=O)(=O)O)cc3ccc(NNc4ccc(C)cc4)c(O)c3c2N)cc1.